The number of carbonyl (C=O) groups excluding carboxylic acids is 1. The maximum absolute atomic E-state index is 13.0. The van der Waals surface area contributed by atoms with Crippen LogP contribution >= 0.6 is 7.92 Å². The number of hydrogen-bond acceptors (Lipinski definition) is 1. The Morgan fingerprint density at radius 1 is 0.640 bits per heavy atom. The van der Waals surface area contributed by atoms with Crippen molar-refractivity contribution in [2.45, 2.75) is 0 Å². The summed E-state index contributed by atoms with van der Waals surface area (Å²) in [7, 11) is -0.759. The largest absolute Gasteiger partial charge is 0.298 e. The summed E-state index contributed by atoms with van der Waals surface area (Å²) in [5.41, 5.74) is 1.12. The lowest BCUT2D eigenvalue weighted by Crippen LogP contribution is -2.25. The molecular formula is C23H17OP. The summed E-state index contributed by atoms with van der Waals surface area (Å²) in [5.74, 6) is 1.66. The molecule has 0 unspecified atom stereocenters. The first-order valence-corrected chi connectivity index (χ1v) is 9.61. The molecule has 0 heterocycles. The molecule has 0 N–H and O–H groups in total. The van der Waals surface area contributed by atoms with Gasteiger partial charge in [-0.15, -0.1) is 0 Å². The van der Waals surface area contributed by atoms with Gasteiger partial charge in [-0.2, -0.15) is 0 Å². The van der Waals surface area contributed by atoms with Gasteiger partial charge in [0.05, 0.1) is 5.92 Å². The van der Waals surface area contributed by atoms with Crippen LogP contribution in [0.25, 0.3) is 0 Å². The minimum atomic E-state index is -0.759. The molecule has 2 heteroatoms. The van der Waals surface area contributed by atoms with E-state index in [4.69, 9.17) is 0 Å². The van der Waals surface area contributed by atoms with Gasteiger partial charge in [-0.3, -0.25) is 4.79 Å². The van der Waals surface area contributed by atoms with Crippen molar-refractivity contribution in [1.29, 1.82) is 0 Å². The van der Waals surface area contributed by atoms with E-state index in [9.17, 15) is 4.79 Å². The lowest BCUT2D eigenvalue weighted by atomic mass is 9.90. The van der Waals surface area contributed by atoms with Crippen LogP contribution in [0.15, 0.2) is 60.7 Å². The maximum atomic E-state index is 13.0. The van der Waals surface area contributed by atoms with E-state index in [2.05, 4.69) is 55.0 Å². The fourth-order valence-corrected chi connectivity index (χ4v) is 5.51. The third-order valence-electron chi connectivity index (χ3n) is 4.23. The normalized spacial score (nSPS) is 19.7. The minimum absolute atomic E-state index is 0.101. The molecule has 1 nitrogen and oxygen atoms in total. The van der Waals surface area contributed by atoms with Gasteiger partial charge in [-0.25, -0.2) is 0 Å². The predicted octanol–water partition coefficient (Wildman–Crippen LogP) is 3.83. The first-order valence-electron chi connectivity index (χ1n) is 8.27. The van der Waals surface area contributed by atoms with Crippen LogP contribution in [0.3, 0.4) is 0 Å². The van der Waals surface area contributed by atoms with E-state index in [0.29, 0.717) is 0 Å². The molecule has 0 atom stereocenters. The third kappa shape index (κ3) is 3.58. The average molecular weight is 340 g/mol. The van der Waals surface area contributed by atoms with Crippen LogP contribution in [0, 0.1) is 62.4 Å². The lowest BCUT2D eigenvalue weighted by molar-refractivity contribution is -0.114. The third-order valence-corrected chi connectivity index (χ3v) is 6.73. The molecule has 2 aromatic rings. The molecule has 25 heavy (non-hydrogen) atoms. The van der Waals surface area contributed by atoms with Gasteiger partial charge in [0.25, 0.3) is 0 Å². The summed E-state index contributed by atoms with van der Waals surface area (Å²) >= 11 is 0. The van der Waals surface area contributed by atoms with Crippen LogP contribution in [-0.2, 0) is 4.79 Å². The fraction of sp³-hybridized carbons (Fsp3) is 0. The average Bonchev–Trinajstić information content (AvgIpc) is 3.36. The van der Waals surface area contributed by atoms with Gasteiger partial charge >= 0.3 is 0 Å². The zero-order valence-electron chi connectivity index (χ0n) is 13.7. The monoisotopic (exact) mass is 340 g/mol. The molecule has 0 bridgehead atoms. The van der Waals surface area contributed by atoms with Gasteiger partial charge in [0.15, 0.2) is 0 Å². The topological polar surface area (TPSA) is 17.1 Å². The van der Waals surface area contributed by atoms with Crippen molar-refractivity contribution in [2.75, 3.05) is 0 Å². The Morgan fingerprint density at radius 3 is 1.76 bits per heavy atom. The molecule has 120 valence electrons. The van der Waals surface area contributed by atoms with Crippen molar-refractivity contribution in [3.8, 4) is 0 Å². The van der Waals surface area contributed by atoms with E-state index in [1.54, 1.807) is 0 Å². The van der Waals surface area contributed by atoms with Gasteiger partial charge in [0.1, 0.15) is 5.78 Å². The van der Waals surface area contributed by atoms with Crippen LogP contribution in [0.5, 0.6) is 0 Å². The zero-order chi connectivity index (χ0) is 17.1. The van der Waals surface area contributed by atoms with Crippen molar-refractivity contribution >= 4 is 24.3 Å². The Kier molecular flexibility index (Phi) is 5.32. The van der Waals surface area contributed by atoms with Crippen molar-refractivity contribution in [3.05, 3.63) is 123 Å². The van der Waals surface area contributed by atoms with Gasteiger partial charge in [-0.05, 0) is 63.5 Å². The molecule has 0 amide bonds. The SMILES string of the molecule is O=C([C]1[CH][CH][CH][CH]1)[C]1[CH][CH][CH][C]1P(c1ccccc1)c1ccccc1. The summed E-state index contributed by atoms with van der Waals surface area (Å²) in [6, 6.07) is 20.9. The highest BCUT2D eigenvalue weighted by molar-refractivity contribution is 7.76. The highest BCUT2D eigenvalue weighted by Gasteiger charge is 2.43. The lowest BCUT2D eigenvalue weighted by Gasteiger charge is -2.29. The summed E-state index contributed by atoms with van der Waals surface area (Å²) in [4.78, 5) is 13.0. The molecule has 0 saturated heterocycles. The molecule has 2 fully saturated rings. The number of ketones is 1. The number of rotatable bonds is 5. The highest BCUT2D eigenvalue weighted by Crippen LogP contribution is 2.57. The Bertz CT molecular complexity index is 651. The molecule has 4 rings (SSSR count). The standard InChI is InChI=1S/C23H17OP/c24-23(18-10-7-8-11-18)21-16-9-17-22(21)25(19-12-3-1-4-13-19)20-14-5-2-6-15-20/h1-17H. The highest BCUT2D eigenvalue weighted by atomic mass is 31.1. The summed E-state index contributed by atoms with van der Waals surface area (Å²) < 4.78 is 0. The summed E-state index contributed by atoms with van der Waals surface area (Å²) in [6.45, 7) is 0. The molecule has 10 radical (unpaired) electrons. The van der Waals surface area contributed by atoms with Gasteiger partial charge in [0, 0.05) is 11.6 Å². The van der Waals surface area contributed by atoms with Crippen molar-refractivity contribution < 1.29 is 4.79 Å². The van der Waals surface area contributed by atoms with Crippen LogP contribution < -0.4 is 10.6 Å². The maximum Gasteiger partial charge on any atom is 0.149 e. The Balaban J connectivity index is 1.67. The summed E-state index contributed by atoms with van der Waals surface area (Å²) in [5, 5.41) is 2.51. The smallest absolute Gasteiger partial charge is 0.149 e. The molecule has 2 aliphatic carbocycles. The van der Waals surface area contributed by atoms with Gasteiger partial charge in [0.2, 0.25) is 0 Å². The quantitative estimate of drug-likeness (QED) is 0.756. The van der Waals surface area contributed by atoms with E-state index in [1.807, 2.05) is 50.7 Å². The van der Waals surface area contributed by atoms with E-state index < -0.39 is 7.92 Å². The number of benzene rings is 2. The molecule has 0 aliphatic heterocycles. The Morgan fingerprint density at radius 2 is 1.20 bits per heavy atom. The van der Waals surface area contributed by atoms with E-state index in [-0.39, 0.29) is 5.78 Å². The molecule has 2 saturated carbocycles. The second-order valence-corrected chi connectivity index (χ2v) is 8.02. The van der Waals surface area contributed by atoms with Gasteiger partial charge in [-0.1, -0.05) is 60.7 Å². The van der Waals surface area contributed by atoms with E-state index in [0.717, 1.165) is 17.5 Å². The Hall–Kier alpha value is -1.46. The zero-order valence-corrected chi connectivity index (χ0v) is 14.6. The number of hydrogen-bond donors (Lipinski definition) is 0. The predicted molar refractivity (Wildman–Crippen MR) is 104 cm³/mol. The second kappa shape index (κ2) is 7.83. The van der Waals surface area contributed by atoms with Crippen LogP contribution in [0.2, 0.25) is 0 Å². The molecule has 0 spiro atoms. The molecular weight excluding hydrogens is 323 g/mol. The van der Waals surface area contributed by atoms with Gasteiger partial charge < -0.3 is 0 Å². The first kappa shape index (κ1) is 17.0. The van der Waals surface area contributed by atoms with Crippen LogP contribution in [-0.4, -0.2) is 5.78 Å². The molecule has 2 aromatic carbocycles. The number of Topliss-reactive ketones (excluding diaryl/α,β-unsaturated/α-hetero) is 1. The second-order valence-electron chi connectivity index (χ2n) is 5.83. The van der Waals surface area contributed by atoms with Crippen molar-refractivity contribution in [2.24, 2.45) is 0 Å². The van der Waals surface area contributed by atoms with E-state index >= 15 is 0 Å². The number of carbonyl (C=O) groups is 1. The minimum Gasteiger partial charge on any atom is -0.298 e. The Labute approximate surface area is 152 Å². The summed E-state index contributed by atoms with van der Waals surface area (Å²) in [6.07, 6.45) is 13.6. The first-order chi connectivity index (χ1) is 12.3. The van der Waals surface area contributed by atoms with Crippen molar-refractivity contribution in [3.63, 3.8) is 0 Å². The fourth-order valence-electron chi connectivity index (χ4n) is 3.06. The van der Waals surface area contributed by atoms with Crippen LogP contribution in [0.4, 0.5) is 0 Å². The van der Waals surface area contributed by atoms with E-state index in [1.165, 1.54) is 10.6 Å². The molecule has 2 aliphatic rings. The van der Waals surface area contributed by atoms with Crippen LogP contribution in [0.1, 0.15) is 0 Å². The van der Waals surface area contributed by atoms with Crippen molar-refractivity contribution in [1.82, 2.24) is 0 Å². The molecule has 0 aromatic heterocycles.